The van der Waals surface area contributed by atoms with E-state index in [1.54, 1.807) is 19.1 Å². The average molecular weight is 516 g/mol. The van der Waals surface area contributed by atoms with Crippen LogP contribution in [-0.2, 0) is 13.0 Å². The molecule has 10 nitrogen and oxygen atoms in total. The van der Waals surface area contributed by atoms with Gasteiger partial charge in [0, 0.05) is 24.1 Å². The molecule has 1 amide bonds. The number of H-pyrrole nitrogens is 1. The van der Waals surface area contributed by atoms with E-state index >= 15 is 0 Å². The summed E-state index contributed by atoms with van der Waals surface area (Å²) < 4.78 is 20.9. The molecule has 1 aliphatic rings. The summed E-state index contributed by atoms with van der Waals surface area (Å²) in [6.45, 7) is 2.01. The maximum absolute atomic E-state index is 14.4. The van der Waals surface area contributed by atoms with Crippen molar-refractivity contribution in [3.05, 3.63) is 87.0 Å². The number of aromatic hydroxyl groups is 1. The van der Waals surface area contributed by atoms with Gasteiger partial charge in [-0.1, -0.05) is 24.3 Å². The molecule has 3 aromatic carbocycles. The van der Waals surface area contributed by atoms with Crippen LogP contribution in [0.5, 0.6) is 11.5 Å². The topological polar surface area (TPSA) is 133 Å². The molecule has 3 heterocycles. The number of rotatable bonds is 3. The van der Waals surface area contributed by atoms with Gasteiger partial charge in [0.2, 0.25) is 5.65 Å². The molecular formula is C27H22FN5O5. The number of ether oxygens (including phenoxy) is 1. The first-order chi connectivity index (χ1) is 18.3. The number of amides is 1. The Morgan fingerprint density at radius 1 is 1.16 bits per heavy atom. The molecule has 0 spiro atoms. The number of phenols is 1. The highest BCUT2D eigenvalue weighted by Crippen LogP contribution is 2.35. The summed E-state index contributed by atoms with van der Waals surface area (Å²) in [6.07, 6.45) is -0.666. The number of halogens is 1. The van der Waals surface area contributed by atoms with Crippen molar-refractivity contribution in [2.45, 2.75) is 26.1 Å². The van der Waals surface area contributed by atoms with Crippen molar-refractivity contribution >= 4 is 22.6 Å². The third-order valence-electron chi connectivity index (χ3n) is 6.92. The molecule has 38 heavy (non-hydrogen) atoms. The first-order valence-electron chi connectivity index (χ1n) is 11.8. The second-order valence-electron chi connectivity index (χ2n) is 9.22. The lowest BCUT2D eigenvalue weighted by Gasteiger charge is -2.34. The van der Waals surface area contributed by atoms with Gasteiger partial charge in [-0.25, -0.2) is 4.39 Å². The molecule has 11 heteroatoms. The molecule has 3 N–H and O–H groups in total. The highest BCUT2D eigenvalue weighted by molar-refractivity contribution is 5.99. The normalized spacial score (nSPS) is 15.2. The van der Waals surface area contributed by atoms with E-state index in [9.17, 15) is 24.2 Å². The van der Waals surface area contributed by atoms with Crippen LogP contribution in [0.25, 0.3) is 28.1 Å². The van der Waals surface area contributed by atoms with E-state index in [4.69, 9.17) is 4.74 Å². The van der Waals surface area contributed by atoms with Crippen LogP contribution in [0.2, 0.25) is 0 Å². The number of nitrogens with one attached hydrogen (secondary N) is 1. The standard InChI is InChI=1S/C27H22FN5O5/c1-13-7-20-19(11-17(13)27(37)32-12-15-6-4-3-5-14(15)10-22(32)34)29-26(36)25-31-30-24(33(20)25)16-8-18(28)23(35)21(9-16)38-2/h3-9,11,22,34-35H,10,12H2,1-2H3,(H,29,36)/t22-/m0/s1. The fourth-order valence-corrected chi connectivity index (χ4v) is 4.96. The number of carbonyl (C=O) groups is 1. The summed E-state index contributed by atoms with van der Waals surface area (Å²) in [6, 6.07) is 13.4. The molecule has 192 valence electrons. The smallest absolute Gasteiger partial charge is 0.294 e. The molecular weight excluding hydrogens is 493 g/mol. The second kappa shape index (κ2) is 8.67. The first kappa shape index (κ1) is 23.6. The summed E-state index contributed by atoms with van der Waals surface area (Å²) in [5, 5.41) is 28.7. The molecule has 5 aromatic rings. The summed E-state index contributed by atoms with van der Waals surface area (Å²) >= 11 is 0. The highest BCUT2D eigenvalue weighted by atomic mass is 19.1. The highest BCUT2D eigenvalue weighted by Gasteiger charge is 2.30. The summed E-state index contributed by atoms with van der Waals surface area (Å²) in [5.41, 5.74) is 3.32. The van der Waals surface area contributed by atoms with Gasteiger partial charge < -0.3 is 24.8 Å². The van der Waals surface area contributed by atoms with Crippen LogP contribution in [0.4, 0.5) is 4.39 Å². The van der Waals surface area contributed by atoms with Crippen LogP contribution in [-0.4, -0.2) is 53.9 Å². The minimum absolute atomic E-state index is 0.0264. The van der Waals surface area contributed by atoms with E-state index in [1.807, 2.05) is 24.3 Å². The predicted octanol–water partition coefficient (Wildman–Crippen LogP) is 2.92. The summed E-state index contributed by atoms with van der Waals surface area (Å²) in [4.78, 5) is 30.6. The Hall–Kier alpha value is -4.77. The number of carbonyl (C=O) groups excluding carboxylic acids is 1. The number of aromatic nitrogens is 4. The number of methoxy groups -OCH3 is 1. The van der Waals surface area contributed by atoms with Crippen molar-refractivity contribution in [1.82, 2.24) is 24.5 Å². The minimum Gasteiger partial charge on any atom is -0.502 e. The van der Waals surface area contributed by atoms with Gasteiger partial charge in [0.15, 0.2) is 23.1 Å². The molecule has 0 bridgehead atoms. The number of benzene rings is 3. The van der Waals surface area contributed by atoms with Gasteiger partial charge >= 0.3 is 0 Å². The lowest BCUT2D eigenvalue weighted by atomic mass is 9.97. The van der Waals surface area contributed by atoms with Crippen molar-refractivity contribution in [3.8, 4) is 22.9 Å². The lowest BCUT2D eigenvalue weighted by molar-refractivity contribution is -0.00175. The third kappa shape index (κ3) is 3.58. The Morgan fingerprint density at radius 2 is 1.92 bits per heavy atom. The maximum atomic E-state index is 14.4. The van der Waals surface area contributed by atoms with Crippen molar-refractivity contribution in [1.29, 1.82) is 0 Å². The SMILES string of the molecule is COc1cc(-c2nnc3c(=O)[nH]c4cc(C(=O)N5Cc6ccccc6C[C@@H]5O)c(C)cc4n23)cc(F)c1O. The van der Waals surface area contributed by atoms with Crippen LogP contribution in [0.3, 0.4) is 0 Å². The van der Waals surface area contributed by atoms with Crippen LogP contribution in [0.15, 0.2) is 53.3 Å². The monoisotopic (exact) mass is 515 g/mol. The Balaban J connectivity index is 1.49. The molecule has 0 fully saturated rings. The zero-order valence-corrected chi connectivity index (χ0v) is 20.4. The van der Waals surface area contributed by atoms with Crippen LogP contribution in [0.1, 0.15) is 27.0 Å². The number of hydrogen-bond donors (Lipinski definition) is 3. The van der Waals surface area contributed by atoms with Crippen molar-refractivity contribution in [2.75, 3.05) is 7.11 Å². The second-order valence-corrected chi connectivity index (χ2v) is 9.22. The minimum atomic E-state index is -0.988. The molecule has 0 saturated carbocycles. The molecule has 0 aliphatic carbocycles. The lowest BCUT2D eigenvalue weighted by Crippen LogP contribution is -2.44. The van der Waals surface area contributed by atoms with E-state index in [1.165, 1.54) is 22.5 Å². The fourth-order valence-electron chi connectivity index (χ4n) is 4.96. The van der Waals surface area contributed by atoms with Crippen molar-refractivity contribution in [3.63, 3.8) is 0 Å². The number of phenolic OH excluding ortho intramolecular Hbond substituents is 1. The predicted molar refractivity (Wildman–Crippen MR) is 135 cm³/mol. The van der Waals surface area contributed by atoms with E-state index in [0.717, 1.165) is 17.2 Å². The third-order valence-corrected chi connectivity index (χ3v) is 6.92. The largest absolute Gasteiger partial charge is 0.502 e. The number of aryl methyl sites for hydroxylation is 1. The van der Waals surface area contributed by atoms with E-state index in [0.29, 0.717) is 28.6 Å². The first-order valence-corrected chi connectivity index (χ1v) is 11.8. The van der Waals surface area contributed by atoms with Crippen molar-refractivity contribution in [2.24, 2.45) is 0 Å². The molecule has 2 aromatic heterocycles. The number of fused-ring (bicyclic) bond motifs is 4. The molecule has 1 aliphatic heterocycles. The summed E-state index contributed by atoms with van der Waals surface area (Å²) in [5.74, 6) is -1.89. The average Bonchev–Trinajstić information content (AvgIpc) is 3.36. The zero-order chi connectivity index (χ0) is 26.7. The molecule has 0 saturated heterocycles. The Kier molecular flexibility index (Phi) is 5.39. The molecule has 0 radical (unpaired) electrons. The molecule has 1 atom stereocenters. The fraction of sp³-hybridized carbons (Fsp3) is 0.185. The van der Waals surface area contributed by atoms with Gasteiger partial charge in [-0.2, -0.15) is 0 Å². The molecule has 0 unspecified atom stereocenters. The van der Waals surface area contributed by atoms with E-state index in [-0.39, 0.29) is 35.2 Å². The van der Waals surface area contributed by atoms with Gasteiger partial charge in [0.1, 0.15) is 6.23 Å². The zero-order valence-electron chi connectivity index (χ0n) is 20.4. The number of aliphatic hydroxyl groups excluding tert-OH is 1. The van der Waals surface area contributed by atoms with Gasteiger partial charge in [0.05, 0.1) is 18.1 Å². The number of hydrogen-bond acceptors (Lipinski definition) is 7. The number of aromatic amines is 1. The van der Waals surface area contributed by atoms with Gasteiger partial charge in [-0.05, 0) is 47.9 Å². The van der Waals surface area contributed by atoms with Crippen LogP contribution in [0, 0.1) is 12.7 Å². The van der Waals surface area contributed by atoms with Crippen molar-refractivity contribution < 1.29 is 24.1 Å². The quantitative estimate of drug-likeness (QED) is 0.337. The Bertz CT molecular complexity index is 1830. The van der Waals surface area contributed by atoms with Gasteiger partial charge in [-0.15, -0.1) is 10.2 Å². The Morgan fingerprint density at radius 3 is 2.68 bits per heavy atom. The maximum Gasteiger partial charge on any atom is 0.294 e. The van der Waals surface area contributed by atoms with E-state index in [2.05, 4.69) is 15.2 Å². The van der Waals surface area contributed by atoms with Crippen LogP contribution < -0.4 is 10.3 Å². The number of aliphatic hydroxyl groups is 1. The summed E-state index contributed by atoms with van der Waals surface area (Å²) in [7, 11) is 1.29. The van der Waals surface area contributed by atoms with Gasteiger partial charge in [0.25, 0.3) is 11.5 Å². The van der Waals surface area contributed by atoms with Gasteiger partial charge in [-0.3, -0.25) is 14.0 Å². The number of nitrogens with zero attached hydrogens (tertiary/aromatic N) is 4. The molecule has 6 rings (SSSR count). The van der Waals surface area contributed by atoms with Crippen LogP contribution >= 0.6 is 0 Å². The Labute approximate surface area is 214 Å². The van der Waals surface area contributed by atoms with E-state index < -0.39 is 23.4 Å².